The maximum Gasteiger partial charge on any atom is 0.330 e. The normalized spacial score (nSPS) is 24.0. The maximum absolute atomic E-state index is 12.1. The molecule has 0 saturated carbocycles. The first-order valence-electron chi connectivity index (χ1n) is 9.03. The standard InChI is InChI=1S/C20H22N2O6/c1-2-3-12-4-6-13(7-5-12)8-9-14-10-22(20(27)21-18(14)26)19-17(25)16(24)15(11-23)28-19/h4-7,10,15-17,19,23-25H,2-3,11H2,1H3,(H,21,26,27)/t15-,16-,17+,19-/m1/s1. The van der Waals surface area contributed by atoms with Crippen molar-refractivity contribution in [2.24, 2.45) is 0 Å². The quantitative estimate of drug-likeness (QED) is 0.525. The molecule has 2 aromatic rings. The van der Waals surface area contributed by atoms with Crippen LogP contribution in [0.15, 0.2) is 40.1 Å². The highest BCUT2D eigenvalue weighted by Crippen LogP contribution is 2.27. The van der Waals surface area contributed by atoms with Crippen LogP contribution in [0.1, 0.15) is 36.3 Å². The number of aromatic amines is 1. The van der Waals surface area contributed by atoms with Gasteiger partial charge in [0.05, 0.1) is 6.61 Å². The summed E-state index contributed by atoms with van der Waals surface area (Å²) in [5, 5.41) is 29.2. The molecule has 4 N–H and O–H groups in total. The third kappa shape index (κ3) is 4.08. The lowest BCUT2D eigenvalue weighted by atomic mass is 10.1. The summed E-state index contributed by atoms with van der Waals surface area (Å²) in [6, 6.07) is 7.65. The lowest BCUT2D eigenvalue weighted by Crippen LogP contribution is -2.38. The van der Waals surface area contributed by atoms with Gasteiger partial charge in [-0.25, -0.2) is 4.79 Å². The van der Waals surface area contributed by atoms with Crippen molar-refractivity contribution in [1.29, 1.82) is 0 Å². The van der Waals surface area contributed by atoms with Crippen LogP contribution in [0.25, 0.3) is 0 Å². The molecule has 1 aromatic carbocycles. The molecule has 0 bridgehead atoms. The summed E-state index contributed by atoms with van der Waals surface area (Å²) >= 11 is 0. The van der Waals surface area contributed by atoms with Crippen LogP contribution >= 0.6 is 0 Å². The number of benzene rings is 1. The molecule has 28 heavy (non-hydrogen) atoms. The Morgan fingerprint density at radius 3 is 2.46 bits per heavy atom. The molecular formula is C20H22N2O6. The van der Waals surface area contributed by atoms with E-state index in [1.54, 1.807) is 0 Å². The van der Waals surface area contributed by atoms with Crippen molar-refractivity contribution in [3.8, 4) is 11.8 Å². The minimum Gasteiger partial charge on any atom is -0.394 e. The molecule has 8 nitrogen and oxygen atoms in total. The third-order valence-corrected chi connectivity index (χ3v) is 4.59. The molecular weight excluding hydrogens is 364 g/mol. The number of nitrogens with one attached hydrogen (secondary N) is 1. The first-order valence-corrected chi connectivity index (χ1v) is 9.03. The molecule has 0 spiro atoms. The highest BCUT2D eigenvalue weighted by atomic mass is 16.6. The second kappa shape index (κ2) is 8.54. The maximum atomic E-state index is 12.1. The Morgan fingerprint density at radius 1 is 1.14 bits per heavy atom. The molecule has 2 heterocycles. The van der Waals surface area contributed by atoms with Gasteiger partial charge in [0.15, 0.2) is 6.23 Å². The number of aliphatic hydroxyl groups excluding tert-OH is 3. The summed E-state index contributed by atoms with van der Waals surface area (Å²) in [6.07, 6.45) is -1.87. The predicted molar refractivity (Wildman–Crippen MR) is 101 cm³/mol. The minimum absolute atomic E-state index is 0.00923. The van der Waals surface area contributed by atoms with Crippen LogP contribution in [0.4, 0.5) is 0 Å². The van der Waals surface area contributed by atoms with Crippen molar-refractivity contribution < 1.29 is 20.1 Å². The Kier molecular flexibility index (Phi) is 6.11. The van der Waals surface area contributed by atoms with E-state index in [-0.39, 0.29) is 5.56 Å². The highest BCUT2D eigenvalue weighted by molar-refractivity contribution is 5.42. The van der Waals surface area contributed by atoms with Crippen molar-refractivity contribution in [1.82, 2.24) is 9.55 Å². The molecule has 1 fully saturated rings. The zero-order chi connectivity index (χ0) is 20.3. The van der Waals surface area contributed by atoms with E-state index in [2.05, 4.69) is 23.7 Å². The van der Waals surface area contributed by atoms with E-state index >= 15 is 0 Å². The van der Waals surface area contributed by atoms with E-state index in [1.807, 2.05) is 24.3 Å². The van der Waals surface area contributed by atoms with Gasteiger partial charge in [0.1, 0.15) is 23.9 Å². The fourth-order valence-corrected chi connectivity index (χ4v) is 3.06. The average molecular weight is 386 g/mol. The van der Waals surface area contributed by atoms with Crippen LogP contribution in [0, 0.1) is 11.8 Å². The van der Waals surface area contributed by atoms with Gasteiger partial charge in [0.2, 0.25) is 0 Å². The lowest BCUT2D eigenvalue weighted by Gasteiger charge is -2.17. The van der Waals surface area contributed by atoms with Crippen LogP contribution < -0.4 is 11.2 Å². The molecule has 1 saturated heterocycles. The van der Waals surface area contributed by atoms with Gasteiger partial charge in [0, 0.05) is 11.8 Å². The minimum atomic E-state index is -1.44. The Balaban J connectivity index is 1.91. The molecule has 1 aliphatic heterocycles. The summed E-state index contributed by atoms with van der Waals surface area (Å²) < 4.78 is 6.30. The van der Waals surface area contributed by atoms with Crippen molar-refractivity contribution in [2.45, 2.75) is 44.3 Å². The second-order valence-corrected chi connectivity index (χ2v) is 6.64. The number of H-pyrrole nitrogens is 1. The van der Waals surface area contributed by atoms with Crippen LogP contribution in [0.2, 0.25) is 0 Å². The van der Waals surface area contributed by atoms with E-state index in [0.717, 1.165) is 17.4 Å². The van der Waals surface area contributed by atoms with E-state index in [0.29, 0.717) is 5.56 Å². The molecule has 8 heteroatoms. The van der Waals surface area contributed by atoms with Gasteiger partial charge >= 0.3 is 5.69 Å². The zero-order valence-electron chi connectivity index (χ0n) is 15.3. The van der Waals surface area contributed by atoms with E-state index in [4.69, 9.17) is 4.74 Å². The lowest BCUT2D eigenvalue weighted by molar-refractivity contribution is -0.0550. The SMILES string of the molecule is CCCc1ccc(C#Cc2cn([C@@H]3O[C@H](CO)[C@@H](O)[C@@H]3O)c(=O)[nH]c2=O)cc1. The molecule has 3 rings (SSSR count). The number of hydrogen-bond donors (Lipinski definition) is 4. The molecule has 1 aromatic heterocycles. The number of rotatable bonds is 4. The highest BCUT2D eigenvalue weighted by Gasteiger charge is 2.43. The molecule has 0 unspecified atom stereocenters. The predicted octanol–water partition coefficient (Wildman–Crippen LogP) is -0.500. The van der Waals surface area contributed by atoms with Gasteiger partial charge in [0.25, 0.3) is 5.56 Å². The average Bonchev–Trinajstić information content (AvgIpc) is 2.97. The summed E-state index contributed by atoms with van der Waals surface area (Å²) in [6.45, 7) is 1.58. The molecule has 0 aliphatic carbocycles. The van der Waals surface area contributed by atoms with Crippen molar-refractivity contribution in [3.05, 3.63) is 68.0 Å². The fraction of sp³-hybridized carbons (Fsp3) is 0.400. The van der Waals surface area contributed by atoms with Gasteiger partial charge < -0.3 is 20.1 Å². The number of aliphatic hydroxyl groups is 3. The van der Waals surface area contributed by atoms with Gasteiger partial charge in [-0.15, -0.1) is 0 Å². The third-order valence-electron chi connectivity index (χ3n) is 4.59. The molecule has 1 aliphatic rings. The fourth-order valence-electron chi connectivity index (χ4n) is 3.06. The summed E-state index contributed by atoms with van der Waals surface area (Å²) in [7, 11) is 0. The van der Waals surface area contributed by atoms with Gasteiger partial charge in [-0.1, -0.05) is 37.3 Å². The smallest absolute Gasteiger partial charge is 0.330 e. The van der Waals surface area contributed by atoms with Gasteiger partial charge in [-0.2, -0.15) is 0 Å². The Hall–Kier alpha value is -2.70. The molecule has 148 valence electrons. The van der Waals surface area contributed by atoms with E-state index < -0.39 is 42.4 Å². The second-order valence-electron chi connectivity index (χ2n) is 6.64. The topological polar surface area (TPSA) is 125 Å². The van der Waals surface area contributed by atoms with Gasteiger partial charge in [-0.3, -0.25) is 14.3 Å². The van der Waals surface area contributed by atoms with Crippen molar-refractivity contribution in [3.63, 3.8) is 0 Å². The van der Waals surface area contributed by atoms with Crippen LogP contribution in [-0.4, -0.2) is 49.8 Å². The van der Waals surface area contributed by atoms with Crippen molar-refractivity contribution >= 4 is 0 Å². The molecule has 0 radical (unpaired) electrons. The van der Waals surface area contributed by atoms with E-state index in [1.165, 1.54) is 11.8 Å². The van der Waals surface area contributed by atoms with Crippen molar-refractivity contribution in [2.75, 3.05) is 6.61 Å². The first-order chi connectivity index (χ1) is 13.4. The van der Waals surface area contributed by atoms with E-state index in [9.17, 15) is 24.9 Å². The van der Waals surface area contributed by atoms with Crippen LogP contribution in [0.3, 0.4) is 0 Å². The summed E-state index contributed by atoms with van der Waals surface area (Å²) in [4.78, 5) is 26.3. The Labute approximate surface area is 161 Å². The summed E-state index contributed by atoms with van der Waals surface area (Å²) in [5.74, 6) is 5.59. The number of nitrogens with zero attached hydrogens (tertiary/aromatic N) is 1. The van der Waals surface area contributed by atoms with Crippen LogP contribution in [0.5, 0.6) is 0 Å². The monoisotopic (exact) mass is 386 g/mol. The summed E-state index contributed by atoms with van der Waals surface area (Å²) in [5.41, 5.74) is 0.445. The number of ether oxygens (including phenoxy) is 1. The van der Waals surface area contributed by atoms with Gasteiger partial charge in [-0.05, 0) is 24.1 Å². The number of aromatic nitrogens is 2. The first kappa shape index (κ1) is 20.0. The molecule has 0 amide bonds. The largest absolute Gasteiger partial charge is 0.394 e. The Bertz CT molecular complexity index is 998. The Morgan fingerprint density at radius 2 is 1.86 bits per heavy atom. The zero-order valence-corrected chi connectivity index (χ0v) is 15.3. The molecule has 4 atom stereocenters. The number of aryl methyl sites for hydroxylation is 1. The van der Waals surface area contributed by atoms with Crippen LogP contribution in [-0.2, 0) is 11.2 Å². The number of hydrogen-bond acceptors (Lipinski definition) is 6.